The van der Waals surface area contributed by atoms with Crippen LogP contribution in [0.1, 0.15) is 13.8 Å². The van der Waals surface area contributed by atoms with Gasteiger partial charge in [-0.15, -0.1) is 0 Å². The van der Waals surface area contributed by atoms with E-state index in [0.29, 0.717) is 11.4 Å². The summed E-state index contributed by atoms with van der Waals surface area (Å²) in [6, 6.07) is 7.01. The van der Waals surface area contributed by atoms with E-state index in [1.807, 2.05) is 13.8 Å². The molecule has 0 aromatic heterocycles. The van der Waals surface area contributed by atoms with Crippen LogP contribution in [0.3, 0.4) is 0 Å². The number of hydrogen-bond acceptors (Lipinski definition) is 4. The smallest absolute Gasteiger partial charge is 0.329 e. The first-order chi connectivity index (χ1) is 8.99. The van der Waals surface area contributed by atoms with E-state index in [2.05, 4.69) is 5.32 Å². The number of carboxylic acids is 1. The standard InChI is InChI=1S/C13H17NO5/c1-9(2)19-11-6-4-3-5-10(11)14-12(15)7-18-8-13(16)17/h3-6,9H,7-8H2,1-2H3,(H,14,15)(H,16,17). The maximum atomic E-state index is 11.5. The third-order valence-corrected chi connectivity index (χ3v) is 1.98. The van der Waals surface area contributed by atoms with Gasteiger partial charge >= 0.3 is 5.97 Å². The summed E-state index contributed by atoms with van der Waals surface area (Å²) in [5.74, 6) is -0.985. The summed E-state index contributed by atoms with van der Waals surface area (Å²) >= 11 is 0. The number of hydrogen-bond donors (Lipinski definition) is 2. The number of carbonyl (C=O) groups is 2. The van der Waals surface area contributed by atoms with E-state index in [-0.39, 0.29) is 12.7 Å². The van der Waals surface area contributed by atoms with Gasteiger partial charge in [-0.3, -0.25) is 4.79 Å². The molecule has 0 atom stereocenters. The van der Waals surface area contributed by atoms with Gasteiger partial charge in [0, 0.05) is 0 Å². The molecule has 19 heavy (non-hydrogen) atoms. The summed E-state index contributed by atoms with van der Waals surface area (Å²) in [6.07, 6.45) is -0.0127. The molecule has 0 saturated heterocycles. The molecule has 0 spiro atoms. The number of para-hydroxylation sites is 2. The highest BCUT2D eigenvalue weighted by atomic mass is 16.5. The first kappa shape index (κ1) is 15.0. The molecule has 0 radical (unpaired) electrons. The largest absolute Gasteiger partial charge is 0.489 e. The minimum absolute atomic E-state index is 0.0127. The lowest BCUT2D eigenvalue weighted by Gasteiger charge is -2.14. The zero-order valence-electron chi connectivity index (χ0n) is 10.9. The maximum Gasteiger partial charge on any atom is 0.329 e. The number of aliphatic carboxylic acids is 1. The Labute approximate surface area is 111 Å². The molecule has 0 heterocycles. The quantitative estimate of drug-likeness (QED) is 0.782. The minimum Gasteiger partial charge on any atom is -0.489 e. The van der Waals surface area contributed by atoms with Crippen molar-refractivity contribution in [1.82, 2.24) is 0 Å². The molecule has 1 aromatic rings. The van der Waals surface area contributed by atoms with Gasteiger partial charge in [0.05, 0.1) is 11.8 Å². The molecule has 0 saturated carbocycles. The van der Waals surface area contributed by atoms with Crippen LogP contribution in [-0.2, 0) is 14.3 Å². The lowest BCUT2D eigenvalue weighted by atomic mass is 10.3. The second-order valence-electron chi connectivity index (χ2n) is 4.10. The van der Waals surface area contributed by atoms with Crippen molar-refractivity contribution in [2.75, 3.05) is 18.5 Å². The van der Waals surface area contributed by atoms with Crippen LogP contribution in [0.4, 0.5) is 5.69 Å². The van der Waals surface area contributed by atoms with Crippen LogP contribution >= 0.6 is 0 Å². The molecule has 2 N–H and O–H groups in total. The van der Waals surface area contributed by atoms with Crippen LogP contribution in [0, 0.1) is 0 Å². The Morgan fingerprint density at radius 1 is 1.26 bits per heavy atom. The molecule has 0 aliphatic rings. The van der Waals surface area contributed by atoms with Crippen molar-refractivity contribution < 1.29 is 24.2 Å². The monoisotopic (exact) mass is 267 g/mol. The van der Waals surface area contributed by atoms with Crippen LogP contribution in [0.15, 0.2) is 24.3 Å². The number of amides is 1. The minimum atomic E-state index is -1.11. The lowest BCUT2D eigenvalue weighted by molar-refractivity contribution is -0.143. The average molecular weight is 267 g/mol. The van der Waals surface area contributed by atoms with Gasteiger partial charge < -0.3 is 19.9 Å². The van der Waals surface area contributed by atoms with Crippen LogP contribution in [-0.4, -0.2) is 36.3 Å². The first-order valence-corrected chi connectivity index (χ1v) is 5.84. The second kappa shape index (κ2) is 7.38. The molecule has 1 rings (SSSR count). The van der Waals surface area contributed by atoms with E-state index in [1.54, 1.807) is 24.3 Å². The topological polar surface area (TPSA) is 84.9 Å². The summed E-state index contributed by atoms with van der Waals surface area (Å²) in [4.78, 5) is 21.8. The highest BCUT2D eigenvalue weighted by Crippen LogP contribution is 2.24. The number of carbonyl (C=O) groups excluding carboxylic acids is 1. The fourth-order valence-electron chi connectivity index (χ4n) is 1.34. The summed E-state index contributed by atoms with van der Waals surface area (Å²) in [5.41, 5.74) is 0.528. The summed E-state index contributed by atoms with van der Waals surface area (Å²) in [7, 11) is 0. The molecule has 1 amide bonds. The third-order valence-electron chi connectivity index (χ3n) is 1.98. The zero-order chi connectivity index (χ0) is 14.3. The normalized spacial score (nSPS) is 10.3. The summed E-state index contributed by atoms with van der Waals surface area (Å²) in [5, 5.41) is 11.0. The molecule has 0 bridgehead atoms. The SMILES string of the molecule is CC(C)Oc1ccccc1NC(=O)COCC(=O)O. The van der Waals surface area contributed by atoms with Crippen molar-refractivity contribution in [3.8, 4) is 5.75 Å². The Balaban J connectivity index is 2.56. The van der Waals surface area contributed by atoms with Crippen molar-refractivity contribution >= 4 is 17.6 Å². The Hall–Kier alpha value is -2.08. The Morgan fingerprint density at radius 3 is 2.58 bits per heavy atom. The van der Waals surface area contributed by atoms with E-state index in [0.717, 1.165) is 0 Å². The molecule has 104 valence electrons. The van der Waals surface area contributed by atoms with Crippen molar-refractivity contribution in [1.29, 1.82) is 0 Å². The van der Waals surface area contributed by atoms with Gasteiger partial charge in [-0.25, -0.2) is 4.79 Å². The second-order valence-corrected chi connectivity index (χ2v) is 4.10. The van der Waals surface area contributed by atoms with Crippen molar-refractivity contribution in [3.05, 3.63) is 24.3 Å². The number of rotatable bonds is 7. The molecule has 0 fully saturated rings. The van der Waals surface area contributed by atoms with Crippen molar-refractivity contribution in [2.45, 2.75) is 20.0 Å². The summed E-state index contributed by atoms with van der Waals surface area (Å²) in [6.45, 7) is 2.95. The van der Waals surface area contributed by atoms with Gasteiger partial charge in [0.2, 0.25) is 5.91 Å². The Morgan fingerprint density at radius 2 is 1.95 bits per heavy atom. The van der Waals surface area contributed by atoms with E-state index in [4.69, 9.17) is 14.6 Å². The Bertz CT molecular complexity index is 444. The highest BCUT2D eigenvalue weighted by Gasteiger charge is 2.09. The van der Waals surface area contributed by atoms with Crippen molar-refractivity contribution in [3.63, 3.8) is 0 Å². The molecule has 0 unspecified atom stereocenters. The predicted molar refractivity (Wildman–Crippen MR) is 69.3 cm³/mol. The number of carboxylic acid groups (broad SMARTS) is 1. The summed E-state index contributed by atoms with van der Waals surface area (Å²) < 4.78 is 10.2. The van der Waals surface area contributed by atoms with E-state index < -0.39 is 18.5 Å². The van der Waals surface area contributed by atoms with Crippen LogP contribution < -0.4 is 10.1 Å². The molecular formula is C13H17NO5. The number of ether oxygens (including phenoxy) is 2. The van der Waals surface area contributed by atoms with Gasteiger partial charge in [0.15, 0.2) is 0 Å². The lowest BCUT2D eigenvalue weighted by Crippen LogP contribution is -2.21. The molecule has 0 aliphatic heterocycles. The van der Waals surface area contributed by atoms with Gasteiger partial charge in [0.25, 0.3) is 0 Å². The Kier molecular flexibility index (Phi) is 5.81. The fraction of sp³-hybridized carbons (Fsp3) is 0.385. The van der Waals surface area contributed by atoms with E-state index >= 15 is 0 Å². The average Bonchev–Trinajstić information content (AvgIpc) is 2.30. The fourth-order valence-corrected chi connectivity index (χ4v) is 1.34. The van der Waals surface area contributed by atoms with Crippen LogP contribution in [0.5, 0.6) is 5.75 Å². The van der Waals surface area contributed by atoms with E-state index in [9.17, 15) is 9.59 Å². The maximum absolute atomic E-state index is 11.5. The number of benzene rings is 1. The zero-order valence-corrected chi connectivity index (χ0v) is 10.9. The predicted octanol–water partition coefficient (Wildman–Crippen LogP) is 1.51. The third kappa shape index (κ3) is 5.87. The number of nitrogens with one attached hydrogen (secondary N) is 1. The van der Waals surface area contributed by atoms with Crippen LogP contribution in [0.2, 0.25) is 0 Å². The van der Waals surface area contributed by atoms with Gasteiger partial charge in [-0.1, -0.05) is 12.1 Å². The van der Waals surface area contributed by atoms with Gasteiger partial charge in [-0.2, -0.15) is 0 Å². The molecular weight excluding hydrogens is 250 g/mol. The van der Waals surface area contributed by atoms with Crippen molar-refractivity contribution in [2.24, 2.45) is 0 Å². The molecule has 6 nitrogen and oxygen atoms in total. The van der Waals surface area contributed by atoms with Gasteiger partial charge in [0.1, 0.15) is 19.0 Å². The molecule has 0 aliphatic carbocycles. The molecule has 6 heteroatoms. The van der Waals surface area contributed by atoms with Crippen LogP contribution in [0.25, 0.3) is 0 Å². The highest BCUT2D eigenvalue weighted by molar-refractivity contribution is 5.93. The van der Waals surface area contributed by atoms with E-state index in [1.165, 1.54) is 0 Å². The molecule has 1 aromatic carbocycles. The number of anilines is 1. The van der Waals surface area contributed by atoms with Gasteiger partial charge in [-0.05, 0) is 26.0 Å². The first-order valence-electron chi connectivity index (χ1n) is 5.84.